The van der Waals surface area contributed by atoms with Crippen LogP contribution in [0.15, 0.2) is 22.6 Å². The number of halogens is 3. The highest BCUT2D eigenvalue weighted by Gasteiger charge is 2.30. The Morgan fingerprint density at radius 3 is 2.62 bits per heavy atom. The van der Waals surface area contributed by atoms with Crippen LogP contribution < -0.4 is 9.46 Å². The van der Waals surface area contributed by atoms with E-state index in [2.05, 4.69) is 20.7 Å². The molecule has 0 aliphatic rings. The number of aromatic hydroxyl groups is 1. The fourth-order valence-electron chi connectivity index (χ4n) is 2.16. The largest absolute Gasteiger partial charge is 0.760 e. The second-order valence-corrected chi connectivity index (χ2v) is 6.91. The second-order valence-electron chi connectivity index (χ2n) is 5.05. The Hall–Kier alpha value is -1.82. The van der Waals surface area contributed by atoms with Crippen LogP contribution in [0.2, 0.25) is 0 Å². The zero-order chi connectivity index (χ0) is 19.4. The lowest BCUT2D eigenvalue weighted by Crippen LogP contribution is -2.18. The van der Waals surface area contributed by atoms with Gasteiger partial charge in [-0.3, -0.25) is 9.00 Å². The van der Waals surface area contributed by atoms with Crippen molar-refractivity contribution in [2.45, 2.75) is 18.2 Å². The third-order valence-electron chi connectivity index (χ3n) is 3.20. The van der Waals surface area contributed by atoms with Crippen molar-refractivity contribution >= 4 is 33.2 Å². The van der Waals surface area contributed by atoms with Crippen LogP contribution in [-0.4, -0.2) is 26.4 Å². The SMILES string of the molecule is CC(=O)Oc1c(C(Br)CCNS(=O)[O-])oc(-c2c(F)cccc2F)c1O. The molecule has 2 atom stereocenters. The van der Waals surface area contributed by atoms with Crippen LogP contribution in [0.3, 0.4) is 0 Å². The fourth-order valence-corrected chi connectivity index (χ4v) is 2.97. The highest BCUT2D eigenvalue weighted by atomic mass is 79.9. The van der Waals surface area contributed by atoms with Gasteiger partial charge in [0.15, 0.2) is 11.5 Å². The Morgan fingerprint density at radius 1 is 1.46 bits per heavy atom. The van der Waals surface area contributed by atoms with Crippen LogP contribution in [0.5, 0.6) is 11.5 Å². The van der Waals surface area contributed by atoms with Gasteiger partial charge in [-0.05, 0) is 18.6 Å². The maximum Gasteiger partial charge on any atom is 0.308 e. The second kappa shape index (κ2) is 8.71. The normalized spacial score (nSPS) is 13.4. The number of benzene rings is 1. The molecule has 0 saturated carbocycles. The first kappa shape index (κ1) is 20.5. The summed E-state index contributed by atoms with van der Waals surface area (Å²) >= 11 is 0.736. The third-order valence-corrected chi connectivity index (χ3v) is 4.52. The monoisotopic (exact) mass is 452 g/mol. The molecule has 0 spiro atoms. The summed E-state index contributed by atoms with van der Waals surface area (Å²) in [5.41, 5.74) is -0.622. The van der Waals surface area contributed by atoms with Gasteiger partial charge in [-0.1, -0.05) is 22.0 Å². The van der Waals surface area contributed by atoms with E-state index in [9.17, 15) is 27.4 Å². The van der Waals surface area contributed by atoms with E-state index < -0.39 is 56.5 Å². The lowest BCUT2D eigenvalue weighted by atomic mass is 10.1. The third kappa shape index (κ3) is 4.67. The average Bonchev–Trinajstić information content (AvgIpc) is 2.84. The molecule has 2 N–H and O–H groups in total. The fraction of sp³-hybridized carbons (Fsp3) is 0.267. The summed E-state index contributed by atoms with van der Waals surface area (Å²) < 4.78 is 61.4. The number of rotatable bonds is 7. The molecule has 1 aromatic carbocycles. The van der Waals surface area contributed by atoms with Gasteiger partial charge in [-0.25, -0.2) is 13.5 Å². The van der Waals surface area contributed by atoms with E-state index in [-0.39, 0.29) is 18.7 Å². The molecule has 0 aliphatic carbocycles. The smallest absolute Gasteiger partial charge is 0.308 e. The van der Waals surface area contributed by atoms with Crippen molar-refractivity contribution in [1.29, 1.82) is 0 Å². The molecule has 11 heteroatoms. The minimum absolute atomic E-state index is 0.00358. The lowest BCUT2D eigenvalue weighted by molar-refractivity contribution is -0.132. The summed E-state index contributed by atoms with van der Waals surface area (Å²) in [5.74, 6) is -4.56. The summed E-state index contributed by atoms with van der Waals surface area (Å²) in [7, 11) is 0. The Kier molecular flexibility index (Phi) is 6.87. The first-order chi connectivity index (χ1) is 12.2. The predicted octanol–water partition coefficient (Wildman–Crippen LogP) is 3.07. The molecule has 142 valence electrons. The van der Waals surface area contributed by atoms with Crippen LogP contribution in [-0.2, 0) is 16.1 Å². The minimum atomic E-state index is -2.47. The molecule has 0 bridgehead atoms. The van der Waals surface area contributed by atoms with E-state index in [4.69, 9.17) is 9.15 Å². The quantitative estimate of drug-likeness (QED) is 0.379. The molecule has 0 fully saturated rings. The van der Waals surface area contributed by atoms with E-state index in [0.29, 0.717) is 0 Å². The number of alkyl halides is 1. The van der Waals surface area contributed by atoms with Crippen molar-refractivity contribution in [3.63, 3.8) is 0 Å². The number of carbonyl (C=O) groups is 1. The van der Waals surface area contributed by atoms with Gasteiger partial charge in [0.05, 0.1) is 10.4 Å². The zero-order valence-corrected chi connectivity index (χ0v) is 15.7. The highest BCUT2D eigenvalue weighted by Crippen LogP contribution is 2.49. The van der Waals surface area contributed by atoms with Gasteiger partial charge in [0.2, 0.25) is 11.5 Å². The number of carbonyl (C=O) groups excluding carboxylic acids is 1. The number of nitrogens with one attached hydrogen (secondary N) is 1. The van der Waals surface area contributed by atoms with Gasteiger partial charge in [0.1, 0.15) is 11.6 Å². The summed E-state index contributed by atoms with van der Waals surface area (Å²) in [4.78, 5) is 10.6. The van der Waals surface area contributed by atoms with Crippen molar-refractivity contribution < 1.29 is 36.6 Å². The Balaban J connectivity index is 2.47. The predicted molar refractivity (Wildman–Crippen MR) is 90.2 cm³/mol. The lowest BCUT2D eigenvalue weighted by Gasteiger charge is -2.11. The summed E-state index contributed by atoms with van der Waals surface area (Å²) in [6, 6.07) is 3.10. The van der Waals surface area contributed by atoms with E-state index >= 15 is 0 Å². The topological polar surface area (TPSA) is 112 Å². The molecular weight excluding hydrogens is 440 g/mol. The molecule has 1 heterocycles. The highest BCUT2D eigenvalue weighted by molar-refractivity contribution is 9.09. The molecule has 2 aromatic rings. The average molecular weight is 453 g/mol. The van der Waals surface area contributed by atoms with Crippen LogP contribution in [0.1, 0.15) is 23.9 Å². The maximum absolute atomic E-state index is 14.0. The van der Waals surface area contributed by atoms with Gasteiger partial charge in [-0.2, -0.15) is 0 Å². The molecule has 1 aromatic heterocycles. The number of ether oxygens (including phenoxy) is 1. The van der Waals surface area contributed by atoms with Crippen molar-refractivity contribution in [3.05, 3.63) is 35.6 Å². The van der Waals surface area contributed by atoms with E-state index in [1.165, 1.54) is 0 Å². The number of esters is 1. The minimum Gasteiger partial charge on any atom is -0.760 e. The Bertz CT molecular complexity index is 824. The number of hydrogen-bond acceptors (Lipinski definition) is 6. The van der Waals surface area contributed by atoms with Gasteiger partial charge >= 0.3 is 5.97 Å². The van der Waals surface area contributed by atoms with E-state index in [1.54, 1.807) is 0 Å². The number of furan rings is 1. The molecule has 0 amide bonds. The Morgan fingerprint density at radius 2 is 2.08 bits per heavy atom. The van der Waals surface area contributed by atoms with Crippen molar-refractivity contribution in [2.24, 2.45) is 0 Å². The summed E-state index contributed by atoms with van der Waals surface area (Å²) in [6.45, 7) is 1.07. The maximum atomic E-state index is 14.0. The Labute approximate surface area is 157 Å². The summed E-state index contributed by atoms with van der Waals surface area (Å²) in [5, 5.41) is 10.3. The van der Waals surface area contributed by atoms with Crippen molar-refractivity contribution in [3.8, 4) is 22.8 Å². The van der Waals surface area contributed by atoms with E-state index in [1.807, 2.05) is 0 Å². The first-order valence-corrected chi connectivity index (χ1v) is 9.16. The molecule has 2 unspecified atom stereocenters. The van der Waals surface area contributed by atoms with Gasteiger partial charge < -0.3 is 18.8 Å². The van der Waals surface area contributed by atoms with Crippen LogP contribution in [0, 0.1) is 11.6 Å². The molecule has 7 nitrogen and oxygen atoms in total. The van der Waals surface area contributed by atoms with Crippen LogP contribution in [0.4, 0.5) is 8.78 Å². The number of hydrogen-bond donors (Lipinski definition) is 2. The van der Waals surface area contributed by atoms with Crippen molar-refractivity contribution in [1.82, 2.24) is 4.72 Å². The van der Waals surface area contributed by atoms with Crippen LogP contribution in [0.25, 0.3) is 11.3 Å². The van der Waals surface area contributed by atoms with Gasteiger partial charge in [0, 0.05) is 24.7 Å². The molecular formula is C15H13BrF2NO6S-. The zero-order valence-electron chi connectivity index (χ0n) is 13.3. The molecule has 26 heavy (non-hydrogen) atoms. The standard InChI is InChI=1S/C15H14BrF2NO6S/c1-7(20)24-15-12(21)14(11-9(17)3-2-4-10(11)18)25-13(15)8(16)5-6-19-26(22)23/h2-4,8,19,21H,5-6H2,1H3,(H,22,23)/p-1. The van der Waals surface area contributed by atoms with Crippen molar-refractivity contribution in [2.75, 3.05) is 6.54 Å². The first-order valence-electron chi connectivity index (χ1n) is 7.17. The molecule has 2 rings (SSSR count). The molecule has 0 radical (unpaired) electrons. The summed E-state index contributed by atoms with van der Waals surface area (Å²) in [6.07, 6.45) is 0.133. The van der Waals surface area contributed by atoms with E-state index in [0.717, 1.165) is 25.1 Å². The van der Waals surface area contributed by atoms with Gasteiger partial charge in [0.25, 0.3) is 0 Å². The van der Waals surface area contributed by atoms with Crippen LogP contribution >= 0.6 is 15.9 Å². The molecule has 0 saturated heterocycles. The van der Waals surface area contributed by atoms with Gasteiger partial charge in [-0.15, -0.1) is 0 Å². The molecule has 0 aliphatic heterocycles.